The van der Waals surface area contributed by atoms with Crippen LogP contribution in [0.25, 0.3) is 0 Å². The van der Waals surface area contributed by atoms with Crippen LogP contribution >= 0.6 is 38.5 Å². The maximum atomic E-state index is 13.3. The van der Waals surface area contributed by atoms with Crippen LogP contribution in [0.5, 0.6) is 0 Å². The Hall–Kier alpha value is -1.29. The number of nitrogens with zero attached hydrogens (tertiary/aromatic N) is 3. The molecule has 0 heterocycles. The topological polar surface area (TPSA) is 89.1 Å². The summed E-state index contributed by atoms with van der Waals surface area (Å²) >= 11 is 5.51. The highest BCUT2D eigenvalue weighted by Gasteiger charge is 2.17. The summed E-state index contributed by atoms with van der Waals surface area (Å²) in [7, 11) is 0. The van der Waals surface area contributed by atoms with Crippen LogP contribution < -0.4 is 11.5 Å². The molecule has 0 spiro atoms. The number of hydrogen-bond acceptors (Lipinski definition) is 3. The van der Waals surface area contributed by atoms with E-state index in [0.29, 0.717) is 32.2 Å². The third kappa shape index (κ3) is 5.10. The zero-order valence-corrected chi connectivity index (χ0v) is 16.7. The van der Waals surface area contributed by atoms with Gasteiger partial charge in [-0.05, 0) is 76.0 Å². The largest absolute Gasteiger partial charge is 0.404 e. The highest BCUT2D eigenvalue weighted by molar-refractivity contribution is 14.1. The number of rotatable bonds is 5. The Balaban J connectivity index is 2.22. The maximum absolute atomic E-state index is 13.3. The number of benzene rings is 1. The van der Waals surface area contributed by atoms with Crippen molar-refractivity contribution in [1.29, 1.82) is 0 Å². The highest BCUT2D eigenvalue weighted by atomic mass is 127. The van der Waals surface area contributed by atoms with Crippen LogP contribution in [-0.2, 0) is 0 Å². The molecule has 128 valence electrons. The minimum Gasteiger partial charge on any atom is -0.404 e. The summed E-state index contributed by atoms with van der Waals surface area (Å²) in [4.78, 5) is 13.1. The molecule has 1 saturated carbocycles. The van der Waals surface area contributed by atoms with Crippen molar-refractivity contribution in [2.75, 3.05) is 6.54 Å². The van der Waals surface area contributed by atoms with Gasteiger partial charge in [0.25, 0.3) is 0 Å². The molecule has 24 heavy (non-hydrogen) atoms. The predicted molar refractivity (Wildman–Crippen MR) is 109 cm³/mol. The highest BCUT2D eigenvalue weighted by Crippen LogP contribution is 2.24. The minimum absolute atomic E-state index is 0.299. The van der Waals surface area contributed by atoms with Crippen molar-refractivity contribution in [3.8, 4) is 0 Å². The molecule has 1 aromatic rings. The molecule has 5 nitrogen and oxygen atoms in total. The molecule has 0 bridgehead atoms. The first-order chi connectivity index (χ1) is 11.5. The van der Waals surface area contributed by atoms with E-state index < -0.39 is 0 Å². The summed E-state index contributed by atoms with van der Waals surface area (Å²) in [6.07, 6.45) is 6.07. The van der Waals surface area contributed by atoms with Crippen LogP contribution in [0.1, 0.15) is 24.8 Å². The van der Waals surface area contributed by atoms with E-state index in [0.717, 1.165) is 18.4 Å². The van der Waals surface area contributed by atoms with E-state index in [1.165, 1.54) is 31.1 Å². The first-order valence-electron chi connectivity index (χ1n) is 7.43. The average molecular weight is 506 g/mol. The number of aliphatic imine (C=N–C) groups is 3. The second-order valence-corrected chi connectivity index (χ2v) is 7.15. The summed E-state index contributed by atoms with van der Waals surface area (Å²) in [6, 6.07) is 4.78. The average Bonchev–Trinajstić information content (AvgIpc) is 2.51. The Morgan fingerprint density at radius 3 is 2.67 bits per heavy atom. The lowest BCUT2D eigenvalue weighted by atomic mass is 9.94. The molecule has 0 aliphatic heterocycles. The standard InChI is InChI=1S/C16H18BrFIN5/c17-15(24-12-2-1-3-12)10(7-20)8-22-16(23-9-21)13-5-4-11(18)6-14(13)19/h4-7,9,12H,1-3,8,20H2,(H2,21,22,23). The first kappa shape index (κ1) is 19.0. The Morgan fingerprint density at radius 1 is 1.38 bits per heavy atom. The molecule has 1 fully saturated rings. The number of hydrogen-bond donors (Lipinski definition) is 2. The second kappa shape index (κ2) is 9.26. The van der Waals surface area contributed by atoms with Crippen LogP contribution in [-0.4, -0.2) is 29.4 Å². The molecule has 8 heteroatoms. The summed E-state index contributed by atoms with van der Waals surface area (Å²) < 4.78 is 14.7. The fraction of sp³-hybridized carbons (Fsp3) is 0.312. The van der Waals surface area contributed by atoms with Gasteiger partial charge in [-0.15, -0.1) is 0 Å². The molecule has 0 radical (unpaired) electrons. The van der Waals surface area contributed by atoms with Gasteiger partial charge in [0.05, 0.1) is 18.9 Å². The smallest absolute Gasteiger partial charge is 0.157 e. The van der Waals surface area contributed by atoms with Gasteiger partial charge in [0.1, 0.15) is 10.4 Å². The van der Waals surface area contributed by atoms with Crippen molar-refractivity contribution in [2.24, 2.45) is 26.4 Å². The summed E-state index contributed by atoms with van der Waals surface area (Å²) in [5.41, 5.74) is 12.6. The van der Waals surface area contributed by atoms with Gasteiger partial charge in [-0.1, -0.05) is 0 Å². The lowest BCUT2D eigenvalue weighted by Gasteiger charge is -2.21. The van der Waals surface area contributed by atoms with Gasteiger partial charge in [0, 0.05) is 20.9 Å². The van der Waals surface area contributed by atoms with E-state index in [-0.39, 0.29) is 5.82 Å². The van der Waals surface area contributed by atoms with Gasteiger partial charge in [0.15, 0.2) is 5.84 Å². The molecule has 2 rings (SSSR count). The lowest BCUT2D eigenvalue weighted by molar-refractivity contribution is 0.421. The fourth-order valence-electron chi connectivity index (χ4n) is 2.04. The predicted octanol–water partition coefficient (Wildman–Crippen LogP) is 3.35. The zero-order chi connectivity index (χ0) is 17.5. The molecule has 0 unspecified atom stereocenters. The van der Waals surface area contributed by atoms with Gasteiger partial charge in [-0.2, -0.15) is 0 Å². The van der Waals surface area contributed by atoms with Crippen molar-refractivity contribution in [1.82, 2.24) is 0 Å². The SMILES string of the molecule is NC=NC(=NCC(=CN)C(Br)=NC1CCC1)c1ccc(F)cc1I. The monoisotopic (exact) mass is 505 g/mol. The van der Waals surface area contributed by atoms with Crippen molar-refractivity contribution in [3.05, 3.63) is 44.9 Å². The van der Waals surface area contributed by atoms with Crippen molar-refractivity contribution in [2.45, 2.75) is 25.3 Å². The Bertz CT molecular complexity index is 710. The maximum Gasteiger partial charge on any atom is 0.157 e. The lowest BCUT2D eigenvalue weighted by Crippen LogP contribution is -2.17. The zero-order valence-electron chi connectivity index (χ0n) is 12.9. The fourth-order valence-corrected chi connectivity index (χ4v) is 3.31. The molecule has 0 atom stereocenters. The summed E-state index contributed by atoms with van der Waals surface area (Å²) in [6.45, 7) is 0.299. The third-order valence-electron chi connectivity index (χ3n) is 3.60. The van der Waals surface area contributed by atoms with Gasteiger partial charge in [-0.3, -0.25) is 9.98 Å². The van der Waals surface area contributed by atoms with Crippen LogP contribution in [0.2, 0.25) is 0 Å². The summed E-state index contributed by atoms with van der Waals surface area (Å²) in [5.74, 6) is 0.113. The first-order valence-corrected chi connectivity index (χ1v) is 9.31. The van der Waals surface area contributed by atoms with Crippen molar-refractivity contribution >= 4 is 55.3 Å². The Kier molecular flexibility index (Phi) is 7.35. The minimum atomic E-state index is -0.308. The normalized spacial score (nSPS) is 17.4. The Morgan fingerprint density at radius 2 is 2.12 bits per heavy atom. The molecule has 4 N–H and O–H groups in total. The van der Waals surface area contributed by atoms with E-state index in [1.807, 2.05) is 22.6 Å². The molecular formula is C16H18BrFIN5. The number of halogens is 3. The van der Waals surface area contributed by atoms with E-state index in [9.17, 15) is 4.39 Å². The molecule has 1 aromatic carbocycles. The molecular weight excluding hydrogens is 488 g/mol. The molecule has 0 saturated heterocycles. The van der Waals surface area contributed by atoms with E-state index in [1.54, 1.807) is 6.07 Å². The van der Waals surface area contributed by atoms with Crippen LogP contribution in [0.15, 0.2) is 44.9 Å². The molecule has 1 aliphatic rings. The van der Waals surface area contributed by atoms with Gasteiger partial charge in [0.2, 0.25) is 0 Å². The quantitative estimate of drug-likeness (QED) is 0.365. The second-order valence-electron chi connectivity index (χ2n) is 5.24. The summed E-state index contributed by atoms with van der Waals surface area (Å²) in [5, 5.41) is 0. The van der Waals surface area contributed by atoms with Crippen LogP contribution in [0.4, 0.5) is 4.39 Å². The number of nitrogens with two attached hydrogens (primary N) is 2. The molecule has 0 amide bonds. The van der Waals surface area contributed by atoms with Gasteiger partial charge < -0.3 is 11.5 Å². The van der Waals surface area contributed by atoms with Gasteiger partial charge in [-0.25, -0.2) is 9.38 Å². The Labute approximate surface area is 162 Å². The van der Waals surface area contributed by atoms with E-state index in [2.05, 4.69) is 30.9 Å². The third-order valence-corrected chi connectivity index (χ3v) is 5.21. The van der Waals surface area contributed by atoms with Crippen LogP contribution in [0, 0.1) is 9.39 Å². The van der Waals surface area contributed by atoms with Crippen molar-refractivity contribution in [3.63, 3.8) is 0 Å². The van der Waals surface area contributed by atoms with Crippen molar-refractivity contribution < 1.29 is 4.39 Å². The molecule has 0 aromatic heterocycles. The van der Waals surface area contributed by atoms with E-state index >= 15 is 0 Å². The molecule has 1 aliphatic carbocycles. The number of amidine groups is 1. The van der Waals surface area contributed by atoms with Crippen LogP contribution in [0.3, 0.4) is 0 Å². The van der Waals surface area contributed by atoms with E-state index in [4.69, 9.17) is 11.5 Å². The van der Waals surface area contributed by atoms with Gasteiger partial charge >= 0.3 is 0 Å².